The lowest BCUT2D eigenvalue weighted by molar-refractivity contribution is -0.136. The molecule has 2 heterocycles. The van der Waals surface area contributed by atoms with E-state index in [4.69, 9.17) is 4.74 Å². The number of thiophene rings is 1. The zero-order valence-corrected chi connectivity index (χ0v) is 16.8. The second kappa shape index (κ2) is 8.92. The molecule has 0 saturated carbocycles. The van der Waals surface area contributed by atoms with Crippen molar-refractivity contribution in [1.29, 1.82) is 0 Å². The Balaban J connectivity index is 1.59. The van der Waals surface area contributed by atoms with Gasteiger partial charge in [0.25, 0.3) is 5.91 Å². The summed E-state index contributed by atoms with van der Waals surface area (Å²) in [6.45, 7) is 4.06. The fourth-order valence-electron chi connectivity index (χ4n) is 2.51. The Kier molecular flexibility index (Phi) is 6.36. The second-order valence-corrected chi connectivity index (χ2v) is 7.87. The fraction of sp³-hybridized carbons (Fsp3) is 0.250. The van der Waals surface area contributed by atoms with E-state index < -0.39 is 5.97 Å². The van der Waals surface area contributed by atoms with E-state index in [9.17, 15) is 9.59 Å². The Morgan fingerprint density at radius 1 is 1.15 bits per heavy atom. The summed E-state index contributed by atoms with van der Waals surface area (Å²) in [7, 11) is 0. The summed E-state index contributed by atoms with van der Waals surface area (Å²) >= 11 is 2.96. The first-order chi connectivity index (χ1) is 13.0. The molecule has 0 aliphatic rings. The molecular weight excluding hydrogens is 380 g/mol. The highest BCUT2D eigenvalue weighted by Gasteiger charge is 2.20. The van der Waals surface area contributed by atoms with Crippen molar-refractivity contribution < 1.29 is 14.3 Å². The van der Waals surface area contributed by atoms with Crippen LogP contribution in [0.5, 0.6) is 0 Å². The van der Waals surface area contributed by atoms with Crippen LogP contribution in [0.25, 0.3) is 10.6 Å². The van der Waals surface area contributed by atoms with Crippen molar-refractivity contribution in [1.82, 2.24) is 9.88 Å². The minimum atomic E-state index is -0.579. The van der Waals surface area contributed by atoms with Gasteiger partial charge in [-0.1, -0.05) is 30.3 Å². The number of carbonyl (C=O) groups excluding carboxylic acids is 2. The Bertz CT molecular complexity index is 889. The highest BCUT2D eigenvalue weighted by Crippen LogP contribution is 2.25. The van der Waals surface area contributed by atoms with Gasteiger partial charge < -0.3 is 9.64 Å². The number of nitrogens with zero attached hydrogens (tertiary/aromatic N) is 2. The Labute approximate surface area is 166 Å². The molecule has 1 aromatic carbocycles. The molecule has 27 heavy (non-hydrogen) atoms. The van der Waals surface area contributed by atoms with E-state index in [1.54, 1.807) is 21.6 Å². The molecular formula is C20H20N2O3S2. The number of aromatic nitrogens is 1. The zero-order valence-electron chi connectivity index (χ0n) is 15.1. The topological polar surface area (TPSA) is 59.5 Å². The number of hydrogen-bond acceptors (Lipinski definition) is 6. The molecule has 3 rings (SSSR count). The molecule has 0 spiro atoms. The van der Waals surface area contributed by atoms with Gasteiger partial charge in [0, 0.05) is 28.9 Å². The number of ether oxygens (including phenoxy) is 1. The van der Waals surface area contributed by atoms with Crippen molar-refractivity contribution in [3.05, 3.63) is 63.8 Å². The van der Waals surface area contributed by atoms with Gasteiger partial charge in [-0.3, -0.25) is 4.79 Å². The summed E-state index contributed by atoms with van der Waals surface area (Å²) in [5.41, 5.74) is 2.24. The molecule has 0 saturated heterocycles. The van der Waals surface area contributed by atoms with Crippen molar-refractivity contribution >= 4 is 34.6 Å². The fourth-order valence-corrected chi connectivity index (χ4v) is 4.01. The Morgan fingerprint density at radius 3 is 2.59 bits per heavy atom. The van der Waals surface area contributed by atoms with Crippen LogP contribution in [-0.2, 0) is 16.1 Å². The third kappa shape index (κ3) is 5.02. The molecule has 0 unspecified atom stereocenters. The number of esters is 1. The van der Waals surface area contributed by atoms with Crippen molar-refractivity contribution in [2.75, 3.05) is 6.61 Å². The summed E-state index contributed by atoms with van der Waals surface area (Å²) < 4.78 is 5.21. The van der Waals surface area contributed by atoms with E-state index in [1.807, 2.05) is 61.0 Å². The average Bonchev–Trinajstić information content (AvgIpc) is 3.35. The van der Waals surface area contributed by atoms with E-state index in [1.165, 1.54) is 11.3 Å². The molecule has 0 N–H and O–H groups in total. The number of hydrogen-bond donors (Lipinski definition) is 0. The summed E-state index contributed by atoms with van der Waals surface area (Å²) in [5.74, 6) is -0.806. The molecule has 0 radical (unpaired) electrons. The molecule has 0 aliphatic heterocycles. The van der Waals surface area contributed by atoms with E-state index in [2.05, 4.69) is 4.98 Å². The van der Waals surface area contributed by atoms with Crippen molar-refractivity contribution in [3.63, 3.8) is 0 Å². The standard InChI is InChI=1S/C20H20N2O3S2/c1-14(2)22(10-15-6-4-3-5-7-15)18(23)11-25-20(24)17-13-27-19(21-17)16-8-9-26-12-16/h3-9,12-14H,10-11H2,1-2H3. The van der Waals surface area contributed by atoms with Gasteiger partial charge in [-0.2, -0.15) is 11.3 Å². The maximum Gasteiger partial charge on any atom is 0.358 e. The van der Waals surface area contributed by atoms with Crippen LogP contribution in [0.1, 0.15) is 29.9 Å². The van der Waals surface area contributed by atoms with Gasteiger partial charge >= 0.3 is 5.97 Å². The van der Waals surface area contributed by atoms with Crippen LogP contribution >= 0.6 is 22.7 Å². The van der Waals surface area contributed by atoms with Crippen LogP contribution in [0.2, 0.25) is 0 Å². The second-order valence-electron chi connectivity index (χ2n) is 6.23. The maximum absolute atomic E-state index is 12.5. The van der Waals surface area contributed by atoms with Gasteiger partial charge in [0.15, 0.2) is 12.3 Å². The molecule has 1 amide bonds. The van der Waals surface area contributed by atoms with Crippen LogP contribution in [0.3, 0.4) is 0 Å². The molecule has 0 bridgehead atoms. The third-order valence-electron chi connectivity index (χ3n) is 3.95. The van der Waals surface area contributed by atoms with Crippen LogP contribution in [0.4, 0.5) is 0 Å². The first-order valence-corrected chi connectivity index (χ1v) is 10.4. The quantitative estimate of drug-likeness (QED) is 0.549. The van der Waals surface area contributed by atoms with Crippen molar-refractivity contribution in [2.45, 2.75) is 26.4 Å². The van der Waals surface area contributed by atoms with Gasteiger partial charge in [0.1, 0.15) is 5.01 Å². The molecule has 7 heteroatoms. The molecule has 0 fully saturated rings. The lowest BCUT2D eigenvalue weighted by Crippen LogP contribution is -2.39. The van der Waals surface area contributed by atoms with Crippen LogP contribution in [-0.4, -0.2) is 34.4 Å². The van der Waals surface area contributed by atoms with Crippen LogP contribution in [0, 0.1) is 0 Å². The van der Waals surface area contributed by atoms with Gasteiger partial charge in [-0.05, 0) is 30.9 Å². The monoisotopic (exact) mass is 400 g/mol. The first kappa shape index (κ1) is 19.3. The van der Waals surface area contributed by atoms with Crippen LogP contribution in [0.15, 0.2) is 52.5 Å². The minimum Gasteiger partial charge on any atom is -0.451 e. The first-order valence-electron chi connectivity index (χ1n) is 8.53. The summed E-state index contributed by atoms with van der Waals surface area (Å²) in [6.07, 6.45) is 0. The van der Waals surface area contributed by atoms with E-state index in [0.717, 1.165) is 16.1 Å². The minimum absolute atomic E-state index is 0.000810. The number of benzene rings is 1. The number of amides is 1. The largest absolute Gasteiger partial charge is 0.451 e. The predicted octanol–water partition coefficient (Wildman–Crippen LogP) is 4.47. The molecule has 3 aromatic rings. The van der Waals surface area contributed by atoms with E-state index in [-0.39, 0.29) is 24.2 Å². The maximum atomic E-state index is 12.5. The van der Waals surface area contributed by atoms with Crippen LogP contribution < -0.4 is 0 Å². The zero-order chi connectivity index (χ0) is 19.2. The highest BCUT2D eigenvalue weighted by molar-refractivity contribution is 7.14. The Hall–Kier alpha value is -2.51. The number of rotatable bonds is 7. The number of carbonyl (C=O) groups is 2. The predicted molar refractivity (Wildman–Crippen MR) is 108 cm³/mol. The van der Waals surface area contributed by atoms with Gasteiger partial charge in [0.2, 0.25) is 0 Å². The van der Waals surface area contributed by atoms with Crippen molar-refractivity contribution in [2.24, 2.45) is 0 Å². The van der Waals surface area contributed by atoms with Crippen molar-refractivity contribution in [3.8, 4) is 10.6 Å². The third-order valence-corrected chi connectivity index (χ3v) is 5.52. The molecule has 140 valence electrons. The van der Waals surface area contributed by atoms with E-state index >= 15 is 0 Å². The summed E-state index contributed by atoms with van der Waals surface area (Å²) in [4.78, 5) is 30.8. The highest BCUT2D eigenvalue weighted by atomic mass is 32.1. The SMILES string of the molecule is CC(C)N(Cc1ccccc1)C(=O)COC(=O)c1csc(-c2ccsc2)n1. The lowest BCUT2D eigenvalue weighted by atomic mass is 10.2. The molecule has 2 aromatic heterocycles. The molecule has 0 atom stereocenters. The summed E-state index contributed by atoms with van der Waals surface area (Å²) in [5, 5.41) is 6.36. The number of thiazole rings is 1. The van der Waals surface area contributed by atoms with E-state index in [0.29, 0.717) is 6.54 Å². The molecule has 0 aliphatic carbocycles. The lowest BCUT2D eigenvalue weighted by Gasteiger charge is -2.26. The average molecular weight is 401 g/mol. The van der Waals surface area contributed by atoms with Gasteiger partial charge in [0.05, 0.1) is 0 Å². The normalized spacial score (nSPS) is 10.8. The van der Waals surface area contributed by atoms with Gasteiger partial charge in [-0.15, -0.1) is 11.3 Å². The summed E-state index contributed by atoms with van der Waals surface area (Å²) in [6, 6.07) is 11.7. The Morgan fingerprint density at radius 2 is 1.93 bits per heavy atom. The molecule has 5 nitrogen and oxygen atoms in total. The smallest absolute Gasteiger partial charge is 0.358 e. The van der Waals surface area contributed by atoms with Gasteiger partial charge in [-0.25, -0.2) is 9.78 Å².